The summed E-state index contributed by atoms with van der Waals surface area (Å²) in [5.41, 5.74) is 0. The fourth-order valence-electron chi connectivity index (χ4n) is 3.99. The van der Waals surface area contributed by atoms with Gasteiger partial charge in [0.2, 0.25) is 0 Å². The van der Waals surface area contributed by atoms with Crippen LogP contribution in [-0.2, 0) is 27.7 Å². The van der Waals surface area contributed by atoms with Crippen molar-refractivity contribution >= 4 is 21.4 Å². The first-order valence-corrected chi connectivity index (χ1v) is 15.6. The normalized spacial score (nSPS) is 16.0. The van der Waals surface area contributed by atoms with Gasteiger partial charge in [0.15, 0.2) is 17.4 Å². The van der Waals surface area contributed by atoms with Gasteiger partial charge in [0.05, 0.1) is 6.42 Å². The highest BCUT2D eigenvalue weighted by Gasteiger charge is 2.48. The summed E-state index contributed by atoms with van der Waals surface area (Å²) in [6, 6.07) is 0. The molecule has 0 saturated carbocycles. The van der Waals surface area contributed by atoms with E-state index >= 15 is 0 Å². The van der Waals surface area contributed by atoms with Crippen LogP contribution in [0.4, 0.5) is 0 Å². The monoisotopic (exact) mass is 544 g/mol. The Kier molecular flexibility index (Phi) is 17.0. The maximum Gasteiger partial charge on any atom is 0.472 e. The molecule has 208 valence electrons. The highest BCUT2D eigenvalue weighted by Crippen LogP contribution is 2.50. The summed E-state index contributed by atoms with van der Waals surface area (Å²) in [6.07, 6.45) is 10.7. The van der Waals surface area contributed by atoms with Crippen molar-refractivity contribution in [3.05, 3.63) is 12.7 Å². The molecule has 0 heterocycles. The molecule has 0 rings (SSSR count). The molecule has 0 amide bonds. The van der Waals surface area contributed by atoms with Crippen LogP contribution in [0.3, 0.4) is 0 Å². The number of rotatable bonds is 23. The van der Waals surface area contributed by atoms with Gasteiger partial charge >= 0.3 is 15.6 Å². The number of hydrogen-bond acceptors (Lipinski definition) is 6. The molecule has 0 aliphatic rings. The van der Waals surface area contributed by atoms with Gasteiger partial charge in [0.1, 0.15) is 0 Å². The van der Waals surface area contributed by atoms with Gasteiger partial charge < -0.3 is 24.3 Å². The number of phosphoric acid groups is 2. The molecule has 2 unspecified atom stereocenters. The molecule has 0 bridgehead atoms. The third-order valence-electron chi connectivity index (χ3n) is 5.57. The average Bonchev–Trinajstić information content (AvgIpc) is 2.70. The smallest absolute Gasteiger partial charge is 0.317 e. The van der Waals surface area contributed by atoms with Crippen LogP contribution in [0.25, 0.3) is 0 Å². The van der Waals surface area contributed by atoms with E-state index in [1.807, 2.05) is 0 Å². The van der Waals surface area contributed by atoms with Crippen LogP contribution in [-0.4, -0.2) is 36.9 Å². The quantitative estimate of drug-likeness (QED) is 0.0499. The molecule has 0 aromatic rings. The van der Waals surface area contributed by atoms with Crippen molar-refractivity contribution in [3.63, 3.8) is 0 Å². The molecule has 0 aliphatic carbocycles. The van der Waals surface area contributed by atoms with Gasteiger partial charge in [-0.15, -0.1) is 0 Å². The maximum absolute atomic E-state index is 12.3. The van der Waals surface area contributed by atoms with Crippen molar-refractivity contribution in [3.8, 4) is 0 Å². The van der Waals surface area contributed by atoms with Crippen molar-refractivity contribution in [2.24, 2.45) is 0 Å². The van der Waals surface area contributed by atoms with Crippen LogP contribution >= 0.6 is 15.6 Å². The van der Waals surface area contributed by atoms with E-state index in [2.05, 4.69) is 20.4 Å². The number of ether oxygens (including phenoxy) is 1. The number of allylic oxidation sites excluding steroid dienone is 1. The van der Waals surface area contributed by atoms with Gasteiger partial charge in [0.25, 0.3) is 0 Å². The van der Waals surface area contributed by atoms with E-state index in [4.69, 9.17) is 13.8 Å². The number of unbranched alkanes of at least 4 members (excludes halogenated alkanes) is 10. The molecule has 4 N–H and O–H groups in total. The fraction of sp³-hybridized carbons (Fsp3) is 0.870. The van der Waals surface area contributed by atoms with Crippen molar-refractivity contribution in [2.45, 2.75) is 129 Å². The standard InChI is InChI=1S/C23H46O10P2/c1-5-8-10-12-14-16-18-22(4,32-34(25,26)27)31-23(20-21(24)7-3,33-35(28,29)30)19-17-15-13-11-9-6-2/h7H,3,5-6,8-20H2,1-2,4H3,(H2,25,26,27)(H2,28,29,30). The first-order valence-electron chi connectivity index (χ1n) is 12.6. The molecule has 0 radical (unpaired) electrons. The Balaban J connectivity index is 5.84. The van der Waals surface area contributed by atoms with E-state index in [-0.39, 0.29) is 12.8 Å². The summed E-state index contributed by atoms with van der Waals surface area (Å²) in [5, 5.41) is 0. The lowest BCUT2D eigenvalue weighted by Gasteiger charge is -2.41. The summed E-state index contributed by atoms with van der Waals surface area (Å²) in [4.78, 5) is 50.5. The largest absolute Gasteiger partial charge is 0.472 e. The van der Waals surface area contributed by atoms with Gasteiger partial charge in [-0.1, -0.05) is 84.6 Å². The van der Waals surface area contributed by atoms with Gasteiger partial charge in [-0.25, -0.2) is 9.13 Å². The lowest BCUT2D eigenvalue weighted by molar-refractivity contribution is -0.315. The van der Waals surface area contributed by atoms with E-state index in [0.29, 0.717) is 19.3 Å². The van der Waals surface area contributed by atoms with Crippen molar-refractivity contribution in [1.29, 1.82) is 0 Å². The van der Waals surface area contributed by atoms with Gasteiger partial charge in [-0.3, -0.25) is 13.8 Å². The fourth-order valence-corrected chi connectivity index (χ4v) is 5.25. The van der Waals surface area contributed by atoms with Crippen LogP contribution in [0.2, 0.25) is 0 Å². The van der Waals surface area contributed by atoms with Crippen LogP contribution in [0.5, 0.6) is 0 Å². The molecule has 0 saturated heterocycles. The molecule has 0 aromatic carbocycles. The van der Waals surface area contributed by atoms with E-state index in [0.717, 1.165) is 63.9 Å². The Morgan fingerprint density at radius 3 is 1.63 bits per heavy atom. The summed E-state index contributed by atoms with van der Waals surface area (Å²) in [7, 11) is -10.2. The number of carbonyl (C=O) groups excluding carboxylic acids is 1. The summed E-state index contributed by atoms with van der Waals surface area (Å²) in [5.74, 6) is -4.70. The lowest BCUT2D eigenvalue weighted by Crippen LogP contribution is -2.47. The number of hydrogen-bond donors (Lipinski definition) is 4. The first-order chi connectivity index (χ1) is 16.2. The minimum absolute atomic E-state index is 0.0231. The third kappa shape index (κ3) is 18.5. The molecule has 0 fully saturated rings. The van der Waals surface area contributed by atoms with Crippen LogP contribution in [0.15, 0.2) is 12.7 Å². The summed E-state index contributed by atoms with van der Waals surface area (Å²) >= 11 is 0. The highest BCUT2D eigenvalue weighted by molar-refractivity contribution is 7.46. The predicted octanol–water partition coefficient (Wildman–Crippen LogP) is 6.28. The Bertz CT molecular complexity index is 704. The highest BCUT2D eigenvalue weighted by atomic mass is 31.2. The van der Waals surface area contributed by atoms with E-state index in [1.165, 1.54) is 6.92 Å². The Hall–Kier alpha value is -0.410. The van der Waals surface area contributed by atoms with Crippen molar-refractivity contribution in [1.82, 2.24) is 0 Å². The lowest BCUT2D eigenvalue weighted by atomic mass is 9.99. The first kappa shape index (κ1) is 34.6. The van der Waals surface area contributed by atoms with E-state index in [1.54, 1.807) is 0 Å². The number of phosphoric ester groups is 2. The zero-order valence-electron chi connectivity index (χ0n) is 21.5. The van der Waals surface area contributed by atoms with Crippen molar-refractivity contribution < 1.29 is 47.3 Å². The zero-order chi connectivity index (χ0) is 27.0. The zero-order valence-corrected chi connectivity index (χ0v) is 23.3. The molecule has 2 atom stereocenters. The predicted molar refractivity (Wildman–Crippen MR) is 134 cm³/mol. The van der Waals surface area contributed by atoms with Crippen LogP contribution < -0.4 is 0 Å². The topological polar surface area (TPSA) is 160 Å². The SMILES string of the molecule is C=CC(=O)CC(CCCCCCCC)(OC(C)(CCCCCCCC)OP(=O)(O)O)OP(=O)(O)O. The van der Waals surface area contributed by atoms with Crippen molar-refractivity contribution in [2.75, 3.05) is 0 Å². The van der Waals surface area contributed by atoms with Crippen LogP contribution in [0, 0.1) is 0 Å². The second-order valence-corrected chi connectivity index (χ2v) is 11.5. The Morgan fingerprint density at radius 1 is 0.771 bits per heavy atom. The molecule has 0 spiro atoms. The molecule has 10 nitrogen and oxygen atoms in total. The second-order valence-electron chi connectivity index (χ2n) is 9.19. The third-order valence-corrected chi connectivity index (χ3v) is 6.76. The van der Waals surface area contributed by atoms with Crippen LogP contribution in [0.1, 0.15) is 117 Å². The summed E-state index contributed by atoms with van der Waals surface area (Å²) in [6.45, 7) is 8.86. The van der Waals surface area contributed by atoms with E-state index in [9.17, 15) is 33.5 Å². The molecule has 12 heteroatoms. The van der Waals surface area contributed by atoms with E-state index < -0.39 is 39.4 Å². The van der Waals surface area contributed by atoms with Gasteiger partial charge in [-0.05, 0) is 25.8 Å². The summed E-state index contributed by atoms with van der Waals surface area (Å²) < 4.78 is 39.5. The number of carbonyl (C=O) groups is 1. The minimum atomic E-state index is -5.16. The molecular weight excluding hydrogens is 498 g/mol. The Labute approximate surface area is 210 Å². The number of ketones is 1. The minimum Gasteiger partial charge on any atom is -0.317 e. The average molecular weight is 545 g/mol. The second kappa shape index (κ2) is 17.2. The van der Waals surface area contributed by atoms with Gasteiger partial charge in [-0.2, -0.15) is 0 Å². The maximum atomic E-state index is 12.3. The molecule has 0 aliphatic heterocycles. The van der Waals surface area contributed by atoms with Gasteiger partial charge in [0, 0.05) is 12.8 Å². The molecular formula is C23H46O10P2. The Morgan fingerprint density at radius 2 is 1.20 bits per heavy atom. The molecule has 35 heavy (non-hydrogen) atoms. The molecule has 0 aromatic heterocycles.